The van der Waals surface area contributed by atoms with Crippen LogP contribution in [0.25, 0.3) is 93.9 Å². The maximum atomic E-state index is 2.42. The van der Waals surface area contributed by atoms with E-state index in [2.05, 4.69) is 276 Å². The molecule has 2 heteroatoms. The summed E-state index contributed by atoms with van der Waals surface area (Å²) in [4.78, 5) is 2.42. The summed E-state index contributed by atoms with van der Waals surface area (Å²) in [7, 11) is 0. The van der Waals surface area contributed by atoms with Crippen molar-refractivity contribution in [1.29, 1.82) is 0 Å². The molecule has 0 radical (unpaired) electrons. The van der Waals surface area contributed by atoms with Crippen molar-refractivity contribution in [3.8, 4) is 61.3 Å². The van der Waals surface area contributed by atoms with Crippen LogP contribution in [0.4, 0.5) is 17.1 Å². The first-order valence-corrected chi connectivity index (χ1v) is 22.7. The van der Waals surface area contributed by atoms with Crippen molar-refractivity contribution in [1.82, 2.24) is 4.57 Å². The van der Waals surface area contributed by atoms with Gasteiger partial charge in [0.15, 0.2) is 0 Å². The van der Waals surface area contributed by atoms with Crippen molar-refractivity contribution < 1.29 is 0 Å². The number of benzene rings is 11. The molecule has 0 amide bonds. The standard InChI is InChI=1S/C64H44N2/c1-3-19-47(20-4-1)54-24-9-10-25-56(54)57-26-11-12-27-58(57)59-28-13-15-31-61(59)65(52-40-36-46(37-41-52)50-35-34-45-18-7-8-21-49(45)44-50)53-42-38-48(39-43-53)55-30-17-33-63-64(55)60-29-14-16-32-62(60)66(63)51-22-5-2-6-23-51/h1-44H. The molecular formula is C64H44N2. The zero-order chi connectivity index (χ0) is 43.8. The highest BCUT2D eigenvalue weighted by Gasteiger charge is 2.21. The predicted molar refractivity (Wildman–Crippen MR) is 280 cm³/mol. The zero-order valence-corrected chi connectivity index (χ0v) is 36.3. The topological polar surface area (TPSA) is 8.17 Å². The number of para-hydroxylation sites is 3. The van der Waals surface area contributed by atoms with Crippen LogP contribution in [0.3, 0.4) is 0 Å². The van der Waals surface area contributed by atoms with Crippen molar-refractivity contribution in [3.05, 3.63) is 267 Å². The number of hydrogen-bond donors (Lipinski definition) is 0. The molecule has 0 aliphatic carbocycles. The van der Waals surface area contributed by atoms with E-state index in [0.29, 0.717) is 0 Å². The first-order chi connectivity index (χ1) is 32.8. The molecule has 0 spiro atoms. The molecule has 12 aromatic rings. The van der Waals surface area contributed by atoms with Crippen LogP contribution < -0.4 is 4.90 Å². The highest BCUT2D eigenvalue weighted by Crippen LogP contribution is 2.46. The first kappa shape index (κ1) is 38.9. The number of hydrogen-bond acceptors (Lipinski definition) is 1. The molecule has 0 saturated carbocycles. The fourth-order valence-corrected chi connectivity index (χ4v) is 9.94. The average molecular weight is 841 g/mol. The Kier molecular flexibility index (Phi) is 9.89. The fourth-order valence-electron chi connectivity index (χ4n) is 9.94. The molecule has 66 heavy (non-hydrogen) atoms. The molecule has 2 nitrogen and oxygen atoms in total. The van der Waals surface area contributed by atoms with Crippen LogP contribution in [-0.2, 0) is 0 Å². The van der Waals surface area contributed by atoms with Crippen molar-refractivity contribution in [3.63, 3.8) is 0 Å². The number of nitrogens with zero attached hydrogens (tertiary/aromatic N) is 2. The molecule has 0 aliphatic heterocycles. The number of aromatic nitrogens is 1. The minimum Gasteiger partial charge on any atom is -0.310 e. The lowest BCUT2D eigenvalue weighted by atomic mass is 9.88. The smallest absolute Gasteiger partial charge is 0.0547 e. The predicted octanol–water partition coefficient (Wildman–Crippen LogP) is 17.7. The number of rotatable bonds is 9. The molecule has 0 aliphatic rings. The van der Waals surface area contributed by atoms with E-state index in [0.717, 1.165) is 28.3 Å². The maximum absolute atomic E-state index is 2.42. The van der Waals surface area contributed by atoms with Gasteiger partial charge in [0.05, 0.1) is 16.7 Å². The van der Waals surface area contributed by atoms with Gasteiger partial charge >= 0.3 is 0 Å². The Labute approximate surface area is 385 Å². The van der Waals surface area contributed by atoms with Gasteiger partial charge in [-0.1, -0.05) is 206 Å². The van der Waals surface area contributed by atoms with Gasteiger partial charge in [-0.05, 0) is 122 Å². The molecule has 310 valence electrons. The van der Waals surface area contributed by atoms with E-state index in [4.69, 9.17) is 0 Å². The van der Waals surface area contributed by atoms with Crippen molar-refractivity contribution in [2.45, 2.75) is 0 Å². The normalized spacial score (nSPS) is 11.3. The van der Waals surface area contributed by atoms with E-state index < -0.39 is 0 Å². The van der Waals surface area contributed by atoms with Gasteiger partial charge in [0.2, 0.25) is 0 Å². The number of fused-ring (bicyclic) bond motifs is 4. The minimum absolute atomic E-state index is 1.07. The molecule has 12 rings (SSSR count). The first-order valence-electron chi connectivity index (χ1n) is 22.7. The van der Waals surface area contributed by atoms with E-state index in [1.54, 1.807) is 0 Å². The summed E-state index contributed by atoms with van der Waals surface area (Å²) in [5, 5.41) is 4.98. The molecule has 1 aromatic heterocycles. The largest absolute Gasteiger partial charge is 0.310 e. The second kappa shape index (κ2) is 16.8. The Hall–Kier alpha value is -8.72. The summed E-state index contributed by atoms with van der Waals surface area (Å²) in [6.45, 7) is 0. The monoisotopic (exact) mass is 840 g/mol. The summed E-state index contributed by atoms with van der Waals surface area (Å²) in [6, 6.07) is 96.9. The Morgan fingerprint density at radius 3 is 1.48 bits per heavy atom. The second-order valence-corrected chi connectivity index (χ2v) is 16.9. The molecule has 0 N–H and O–H groups in total. The van der Waals surface area contributed by atoms with E-state index in [1.807, 2.05) is 0 Å². The van der Waals surface area contributed by atoms with Crippen LogP contribution in [0.5, 0.6) is 0 Å². The summed E-state index contributed by atoms with van der Waals surface area (Å²) in [6.07, 6.45) is 0. The molecular weight excluding hydrogens is 797 g/mol. The summed E-state index contributed by atoms with van der Waals surface area (Å²) in [5.41, 5.74) is 18.7. The third kappa shape index (κ3) is 6.93. The van der Waals surface area contributed by atoms with E-state index in [1.165, 1.54) is 82.6 Å². The fraction of sp³-hybridized carbons (Fsp3) is 0. The van der Waals surface area contributed by atoms with E-state index in [9.17, 15) is 0 Å². The second-order valence-electron chi connectivity index (χ2n) is 16.9. The highest BCUT2D eigenvalue weighted by atomic mass is 15.1. The van der Waals surface area contributed by atoms with E-state index in [-0.39, 0.29) is 0 Å². The minimum atomic E-state index is 1.07. The lowest BCUT2D eigenvalue weighted by Crippen LogP contribution is -2.11. The van der Waals surface area contributed by atoms with Gasteiger partial charge in [-0.3, -0.25) is 0 Å². The van der Waals surface area contributed by atoms with Crippen molar-refractivity contribution in [2.24, 2.45) is 0 Å². The Bertz CT molecular complexity index is 3680. The van der Waals surface area contributed by atoms with Crippen molar-refractivity contribution in [2.75, 3.05) is 4.90 Å². The quantitative estimate of drug-likeness (QED) is 0.141. The van der Waals surface area contributed by atoms with Gasteiger partial charge in [-0.15, -0.1) is 0 Å². The van der Waals surface area contributed by atoms with Gasteiger partial charge in [0.1, 0.15) is 0 Å². The molecule has 0 fully saturated rings. The van der Waals surface area contributed by atoms with Gasteiger partial charge in [-0.25, -0.2) is 0 Å². The van der Waals surface area contributed by atoms with Crippen LogP contribution >= 0.6 is 0 Å². The molecule has 0 bridgehead atoms. The third-order valence-corrected chi connectivity index (χ3v) is 13.0. The molecule has 11 aromatic carbocycles. The summed E-state index contributed by atoms with van der Waals surface area (Å²) in [5.74, 6) is 0. The Balaban J connectivity index is 1.01. The molecule has 1 heterocycles. The average Bonchev–Trinajstić information content (AvgIpc) is 3.74. The Morgan fingerprint density at radius 2 is 0.758 bits per heavy atom. The molecule has 0 unspecified atom stereocenters. The highest BCUT2D eigenvalue weighted by molar-refractivity contribution is 6.16. The van der Waals surface area contributed by atoms with Gasteiger partial charge in [0, 0.05) is 33.4 Å². The summed E-state index contributed by atoms with van der Waals surface area (Å²) < 4.78 is 2.39. The van der Waals surface area contributed by atoms with Gasteiger partial charge in [-0.2, -0.15) is 0 Å². The lowest BCUT2D eigenvalue weighted by Gasteiger charge is -2.29. The van der Waals surface area contributed by atoms with E-state index >= 15 is 0 Å². The van der Waals surface area contributed by atoms with Gasteiger partial charge in [0.25, 0.3) is 0 Å². The lowest BCUT2D eigenvalue weighted by molar-refractivity contribution is 1.18. The van der Waals surface area contributed by atoms with Crippen LogP contribution in [0.2, 0.25) is 0 Å². The summed E-state index contributed by atoms with van der Waals surface area (Å²) >= 11 is 0. The van der Waals surface area contributed by atoms with Crippen molar-refractivity contribution >= 4 is 49.6 Å². The maximum Gasteiger partial charge on any atom is 0.0547 e. The molecule has 0 saturated heterocycles. The van der Waals surface area contributed by atoms with Gasteiger partial charge < -0.3 is 9.47 Å². The number of anilines is 3. The molecule has 0 atom stereocenters. The van der Waals surface area contributed by atoms with Crippen LogP contribution in [0, 0.1) is 0 Å². The Morgan fingerprint density at radius 1 is 0.273 bits per heavy atom. The van der Waals surface area contributed by atoms with Crippen LogP contribution in [-0.4, -0.2) is 4.57 Å². The van der Waals surface area contributed by atoms with Crippen LogP contribution in [0.1, 0.15) is 0 Å². The zero-order valence-electron chi connectivity index (χ0n) is 36.3. The SMILES string of the molecule is c1ccc(-c2ccccc2-c2ccccc2-c2ccccc2N(c2ccc(-c3ccc4ccccc4c3)cc2)c2ccc(-c3cccc4c3c3ccccc3n4-c3ccccc3)cc2)cc1. The van der Waals surface area contributed by atoms with Crippen LogP contribution in [0.15, 0.2) is 267 Å². The third-order valence-electron chi connectivity index (χ3n) is 13.0.